The van der Waals surface area contributed by atoms with Crippen LogP contribution in [0.25, 0.3) is 0 Å². The van der Waals surface area contributed by atoms with Gasteiger partial charge in [-0.3, -0.25) is 9.69 Å². The van der Waals surface area contributed by atoms with Gasteiger partial charge in [0.05, 0.1) is 4.90 Å². The molecule has 2 aromatic rings. The second-order valence-electron chi connectivity index (χ2n) is 9.14. The van der Waals surface area contributed by atoms with E-state index in [1.807, 2.05) is 18.2 Å². The summed E-state index contributed by atoms with van der Waals surface area (Å²) in [6, 6.07) is 15.3. The van der Waals surface area contributed by atoms with E-state index in [4.69, 9.17) is 0 Å². The van der Waals surface area contributed by atoms with Crippen LogP contribution >= 0.6 is 0 Å². The van der Waals surface area contributed by atoms with Crippen molar-refractivity contribution in [2.75, 3.05) is 26.2 Å². The Morgan fingerprint density at radius 1 is 0.818 bits per heavy atom. The van der Waals surface area contributed by atoms with E-state index >= 15 is 0 Å². The Hall–Kier alpha value is -2.22. The first-order valence-corrected chi connectivity index (χ1v) is 13.6. The number of amides is 1. The van der Waals surface area contributed by atoms with E-state index in [9.17, 15) is 13.2 Å². The Labute approximate surface area is 198 Å². The number of sulfonamides is 1. The summed E-state index contributed by atoms with van der Waals surface area (Å²) in [6.07, 6.45) is 6.45. The molecule has 0 aliphatic carbocycles. The lowest BCUT2D eigenvalue weighted by molar-refractivity contribution is -0.121. The molecule has 7 heteroatoms. The molecule has 2 heterocycles. The third-order valence-electron chi connectivity index (χ3n) is 6.70. The highest BCUT2D eigenvalue weighted by molar-refractivity contribution is 7.89. The highest BCUT2D eigenvalue weighted by Gasteiger charge is 2.25. The van der Waals surface area contributed by atoms with Gasteiger partial charge < -0.3 is 5.32 Å². The minimum absolute atomic E-state index is 0.0102. The van der Waals surface area contributed by atoms with Crippen LogP contribution in [-0.4, -0.2) is 49.7 Å². The lowest BCUT2D eigenvalue weighted by Gasteiger charge is -2.25. The summed E-state index contributed by atoms with van der Waals surface area (Å²) in [7, 11) is -3.41. The predicted molar refractivity (Wildman–Crippen MR) is 130 cm³/mol. The van der Waals surface area contributed by atoms with Crippen LogP contribution in [-0.2, 0) is 34.3 Å². The van der Waals surface area contributed by atoms with Gasteiger partial charge in [-0.15, -0.1) is 0 Å². The summed E-state index contributed by atoms with van der Waals surface area (Å²) in [5.41, 5.74) is 3.42. The van der Waals surface area contributed by atoms with Crippen molar-refractivity contribution in [1.82, 2.24) is 14.5 Å². The quantitative estimate of drug-likeness (QED) is 0.608. The van der Waals surface area contributed by atoms with E-state index in [0.717, 1.165) is 44.5 Å². The minimum atomic E-state index is -3.41. The van der Waals surface area contributed by atoms with Gasteiger partial charge in [0.25, 0.3) is 0 Å². The van der Waals surface area contributed by atoms with Crippen LogP contribution in [0.1, 0.15) is 55.2 Å². The van der Waals surface area contributed by atoms with E-state index in [2.05, 4.69) is 28.4 Å². The second kappa shape index (κ2) is 11.3. The second-order valence-corrected chi connectivity index (χ2v) is 11.1. The van der Waals surface area contributed by atoms with Gasteiger partial charge in [0.2, 0.25) is 15.9 Å². The highest BCUT2D eigenvalue weighted by Crippen LogP contribution is 2.21. The van der Waals surface area contributed by atoms with Crippen molar-refractivity contribution in [3.63, 3.8) is 0 Å². The van der Waals surface area contributed by atoms with Crippen LogP contribution in [0.3, 0.4) is 0 Å². The zero-order valence-electron chi connectivity index (χ0n) is 19.3. The third kappa shape index (κ3) is 6.43. The van der Waals surface area contributed by atoms with Crippen molar-refractivity contribution in [3.05, 3.63) is 65.2 Å². The molecule has 1 N–H and O–H groups in total. The maximum absolute atomic E-state index is 12.8. The molecule has 178 valence electrons. The Balaban J connectivity index is 1.26. The van der Waals surface area contributed by atoms with Crippen LogP contribution in [0.2, 0.25) is 0 Å². The predicted octanol–water partition coefficient (Wildman–Crippen LogP) is 3.71. The first kappa shape index (κ1) is 23.9. The van der Waals surface area contributed by atoms with E-state index in [0.29, 0.717) is 37.4 Å². The van der Waals surface area contributed by atoms with Crippen molar-refractivity contribution in [2.24, 2.45) is 0 Å². The first-order chi connectivity index (χ1) is 16.0. The zero-order chi connectivity index (χ0) is 23.1. The number of likely N-dealkylation sites (tertiary alicyclic amines) is 1. The van der Waals surface area contributed by atoms with Crippen LogP contribution < -0.4 is 5.32 Å². The molecule has 0 bridgehead atoms. The van der Waals surface area contributed by atoms with E-state index < -0.39 is 10.0 Å². The number of nitrogens with zero attached hydrogens (tertiary/aromatic N) is 2. The minimum Gasteiger partial charge on any atom is -0.352 e. The van der Waals surface area contributed by atoms with Crippen molar-refractivity contribution in [3.8, 4) is 0 Å². The van der Waals surface area contributed by atoms with Gasteiger partial charge in [0, 0.05) is 32.6 Å². The standard InChI is InChI=1S/C26H35N3O3S/c30-26(27-20-23-8-2-3-9-24(23)21-28-16-6-7-17-28)15-12-22-10-13-25(14-11-22)33(31,32)29-18-4-1-5-19-29/h2-3,8-11,13-14H,1,4-7,12,15-21H2,(H,27,30). The van der Waals surface area contributed by atoms with Crippen LogP contribution in [0.5, 0.6) is 0 Å². The average molecular weight is 470 g/mol. The lowest BCUT2D eigenvalue weighted by atomic mass is 10.1. The number of hydrogen-bond acceptors (Lipinski definition) is 4. The third-order valence-corrected chi connectivity index (χ3v) is 8.62. The van der Waals surface area contributed by atoms with E-state index in [-0.39, 0.29) is 5.91 Å². The molecule has 6 nitrogen and oxygen atoms in total. The summed E-state index contributed by atoms with van der Waals surface area (Å²) < 4.78 is 27.1. The molecule has 2 aromatic carbocycles. The van der Waals surface area contributed by atoms with Crippen LogP contribution in [0.4, 0.5) is 0 Å². The molecule has 2 fully saturated rings. The Bertz CT molecular complexity index is 1030. The summed E-state index contributed by atoms with van der Waals surface area (Å²) in [5, 5.41) is 3.05. The number of nitrogens with one attached hydrogen (secondary N) is 1. The van der Waals surface area contributed by atoms with Crippen LogP contribution in [0, 0.1) is 0 Å². The number of carbonyl (C=O) groups is 1. The van der Waals surface area contributed by atoms with Gasteiger partial charge in [-0.2, -0.15) is 4.31 Å². The van der Waals surface area contributed by atoms with E-state index in [1.165, 1.54) is 24.0 Å². The monoisotopic (exact) mass is 469 g/mol. The molecule has 1 amide bonds. The lowest BCUT2D eigenvalue weighted by Crippen LogP contribution is -2.35. The SMILES string of the molecule is O=C(CCc1ccc(S(=O)(=O)N2CCCCC2)cc1)NCc1ccccc1CN1CCCC1. The van der Waals surface area contributed by atoms with Crippen LogP contribution in [0.15, 0.2) is 53.4 Å². The van der Waals surface area contributed by atoms with E-state index in [1.54, 1.807) is 16.4 Å². The summed E-state index contributed by atoms with van der Waals surface area (Å²) in [5.74, 6) is 0.0102. The molecular weight excluding hydrogens is 434 g/mol. The van der Waals surface area contributed by atoms with Crippen molar-refractivity contribution in [2.45, 2.75) is 62.9 Å². The average Bonchev–Trinajstić information content (AvgIpc) is 3.36. The summed E-state index contributed by atoms with van der Waals surface area (Å²) in [6.45, 7) is 4.99. The Morgan fingerprint density at radius 3 is 2.15 bits per heavy atom. The van der Waals surface area contributed by atoms with Gasteiger partial charge in [-0.05, 0) is 74.0 Å². The number of benzene rings is 2. The zero-order valence-corrected chi connectivity index (χ0v) is 20.2. The molecule has 0 unspecified atom stereocenters. The Kier molecular flexibility index (Phi) is 8.17. The number of aryl methyl sites for hydroxylation is 1. The van der Waals surface area contributed by atoms with Gasteiger partial charge in [-0.1, -0.05) is 42.8 Å². The van der Waals surface area contributed by atoms with Crippen molar-refractivity contribution >= 4 is 15.9 Å². The maximum Gasteiger partial charge on any atom is 0.243 e. The van der Waals surface area contributed by atoms with Crippen molar-refractivity contribution < 1.29 is 13.2 Å². The summed E-state index contributed by atoms with van der Waals surface area (Å²) in [4.78, 5) is 15.3. The highest BCUT2D eigenvalue weighted by atomic mass is 32.2. The molecule has 0 spiro atoms. The normalized spacial score (nSPS) is 17.8. The molecule has 33 heavy (non-hydrogen) atoms. The number of piperidine rings is 1. The fraction of sp³-hybridized carbons (Fsp3) is 0.500. The molecule has 0 aromatic heterocycles. The van der Waals surface area contributed by atoms with Gasteiger partial charge >= 0.3 is 0 Å². The first-order valence-electron chi connectivity index (χ1n) is 12.2. The van der Waals surface area contributed by atoms with Gasteiger partial charge in [-0.25, -0.2) is 8.42 Å². The molecule has 0 radical (unpaired) electrons. The number of hydrogen-bond donors (Lipinski definition) is 1. The molecule has 0 atom stereocenters. The van der Waals surface area contributed by atoms with Crippen molar-refractivity contribution in [1.29, 1.82) is 0 Å². The molecule has 4 rings (SSSR count). The largest absolute Gasteiger partial charge is 0.352 e. The molecule has 2 aliphatic rings. The van der Waals surface area contributed by atoms with Gasteiger partial charge in [0.15, 0.2) is 0 Å². The molecular formula is C26H35N3O3S. The maximum atomic E-state index is 12.8. The molecule has 0 saturated carbocycles. The number of carbonyl (C=O) groups excluding carboxylic acids is 1. The summed E-state index contributed by atoms with van der Waals surface area (Å²) >= 11 is 0. The fourth-order valence-corrected chi connectivity index (χ4v) is 6.21. The Morgan fingerprint density at radius 2 is 1.45 bits per heavy atom. The topological polar surface area (TPSA) is 69.7 Å². The molecule has 2 saturated heterocycles. The van der Waals surface area contributed by atoms with Gasteiger partial charge in [0.1, 0.15) is 0 Å². The molecule has 2 aliphatic heterocycles. The number of rotatable bonds is 9. The smallest absolute Gasteiger partial charge is 0.243 e. The fourth-order valence-electron chi connectivity index (χ4n) is 4.69.